The third-order valence-corrected chi connectivity index (χ3v) is 6.85. The molecule has 0 unspecified atom stereocenters. The minimum Gasteiger partial charge on any atom is -0.410 e. The molecule has 10 heteroatoms. The van der Waals surface area contributed by atoms with Crippen molar-refractivity contribution in [3.05, 3.63) is 34.5 Å². The molecule has 0 radical (unpaired) electrons. The van der Waals surface area contributed by atoms with Gasteiger partial charge >= 0.3 is 6.09 Å². The largest absolute Gasteiger partial charge is 0.415 e. The number of thioether (sulfide) groups is 1. The van der Waals surface area contributed by atoms with E-state index in [2.05, 4.69) is 29.2 Å². The van der Waals surface area contributed by atoms with Crippen molar-refractivity contribution in [3.63, 3.8) is 0 Å². The molecule has 2 heterocycles. The molecular formula is C24H34FN5O3S. The number of benzene rings is 1. The predicted molar refractivity (Wildman–Crippen MR) is 134 cm³/mol. The van der Waals surface area contributed by atoms with E-state index in [1.54, 1.807) is 4.90 Å². The van der Waals surface area contributed by atoms with Gasteiger partial charge in [-0.1, -0.05) is 13.8 Å². The summed E-state index contributed by atoms with van der Waals surface area (Å²) in [5.41, 5.74) is 3.55. The van der Waals surface area contributed by atoms with E-state index in [0.717, 1.165) is 52.0 Å². The number of hydrogen-bond donors (Lipinski definition) is 1. The fourth-order valence-electron chi connectivity index (χ4n) is 3.79. The molecule has 34 heavy (non-hydrogen) atoms. The van der Waals surface area contributed by atoms with Crippen molar-refractivity contribution in [1.82, 2.24) is 20.2 Å². The van der Waals surface area contributed by atoms with Gasteiger partial charge in [0.25, 0.3) is 5.91 Å². The van der Waals surface area contributed by atoms with Gasteiger partial charge in [-0.2, -0.15) is 4.99 Å². The molecule has 2 aliphatic heterocycles. The number of nitrogens with one attached hydrogen (secondary N) is 1. The van der Waals surface area contributed by atoms with E-state index in [9.17, 15) is 14.0 Å². The van der Waals surface area contributed by atoms with Crippen molar-refractivity contribution in [2.24, 2.45) is 4.99 Å². The Kier molecular flexibility index (Phi) is 9.91. The van der Waals surface area contributed by atoms with Gasteiger partial charge < -0.3 is 14.5 Å². The molecular weight excluding hydrogens is 457 g/mol. The molecule has 1 N–H and O–H groups in total. The number of carbonyl (C=O) groups is 2. The Bertz CT molecular complexity index is 929. The van der Waals surface area contributed by atoms with Crippen LogP contribution >= 0.6 is 11.8 Å². The SMILES string of the molecule is CCN(CC)CCCN(CC)C(=O)Oc1ccc(F)cc1/C=C1\SC(N2CCCCN2)=NC1=O. The topological polar surface area (TPSA) is 77.5 Å². The quantitative estimate of drug-likeness (QED) is 0.524. The summed E-state index contributed by atoms with van der Waals surface area (Å²) in [5.74, 6) is -0.660. The molecule has 0 atom stereocenters. The standard InChI is InChI=1S/C24H34FN5O3S/c1-4-28(5-2)13-9-14-29(6-3)24(32)33-20-11-10-19(25)16-18(20)17-21-22(31)27-23(34-21)30-15-8-7-12-26-30/h10-11,16-17,26H,4-9,12-15H2,1-3H3/b21-17-. The van der Waals surface area contributed by atoms with Crippen LogP contribution in [0, 0.1) is 5.82 Å². The number of amides is 2. The highest BCUT2D eigenvalue weighted by atomic mass is 32.2. The summed E-state index contributed by atoms with van der Waals surface area (Å²) in [5, 5.41) is 2.45. The van der Waals surface area contributed by atoms with Crippen molar-refractivity contribution in [2.45, 2.75) is 40.0 Å². The van der Waals surface area contributed by atoms with Crippen LogP contribution in [0.5, 0.6) is 5.75 Å². The van der Waals surface area contributed by atoms with E-state index in [1.165, 1.54) is 36.0 Å². The third kappa shape index (κ3) is 7.04. The molecule has 0 aromatic heterocycles. The van der Waals surface area contributed by atoms with Crippen molar-refractivity contribution < 1.29 is 18.7 Å². The molecule has 0 saturated carbocycles. The fraction of sp³-hybridized carbons (Fsp3) is 0.542. The second kappa shape index (κ2) is 12.9. The predicted octanol–water partition coefficient (Wildman–Crippen LogP) is 3.95. The molecule has 8 nitrogen and oxygen atoms in total. The molecule has 0 aliphatic carbocycles. The van der Waals surface area contributed by atoms with E-state index < -0.39 is 11.9 Å². The summed E-state index contributed by atoms with van der Waals surface area (Å²) in [6.07, 6.45) is 3.98. The maximum Gasteiger partial charge on any atom is 0.415 e. The average Bonchev–Trinajstić information content (AvgIpc) is 3.21. The van der Waals surface area contributed by atoms with Crippen LogP contribution in [-0.4, -0.2) is 77.8 Å². The monoisotopic (exact) mass is 491 g/mol. The lowest BCUT2D eigenvalue weighted by atomic mass is 10.1. The first kappa shape index (κ1) is 26.2. The number of amidine groups is 1. The number of halogens is 1. The van der Waals surface area contributed by atoms with Crippen molar-refractivity contribution in [3.8, 4) is 5.75 Å². The Balaban J connectivity index is 1.68. The molecule has 0 bridgehead atoms. The van der Waals surface area contributed by atoms with Gasteiger partial charge in [0.15, 0.2) is 5.17 Å². The van der Waals surface area contributed by atoms with Crippen molar-refractivity contribution in [2.75, 3.05) is 45.8 Å². The molecule has 3 rings (SSSR count). The molecule has 1 fully saturated rings. The zero-order valence-corrected chi connectivity index (χ0v) is 21.0. The van der Waals surface area contributed by atoms with Crippen LogP contribution < -0.4 is 10.2 Å². The molecule has 1 saturated heterocycles. The van der Waals surface area contributed by atoms with Gasteiger partial charge in [-0.25, -0.2) is 14.6 Å². The van der Waals surface area contributed by atoms with Crippen LogP contribution in [0.25, 0.3) is 6.08 Å². The molecule has 186 valence electrons. The lowest BCUT2D eigenvalue weighted by Gasteiger charge is -2.28. The molecule has 0 spiro atoms. The second-order valence-electron chi connectivity index (χ2n) is 8.09. The number of hydrazine groups is 1. The number of aliphatic imine (C=N–C) groups is 1. The highest BCUT2D eigenvalue weighted by molar-refractivity contribution is 8.18. The lowest BCUT2D eigenvalue weighted by Crippen LogP contribution is -2.45. The van der Waals surface area contributed by atoms with Gasteiger partial charge in [-0.3, -0.25) is 9.80 Å². The van der Waals surface area contributed by atoms with Crippen LogP contribution in [0.4, 0.5) is 9.18 Å². The maximum atomic E-state index is 14.0. The number of rotatable bonds is 9. The van der Waals surface area contributed by atoms with Gasteiger partial charge in [-0.05, 0) is 81.9 Å². The Morgan fingerprint density at radius 1 is 1.24 bits per heavy atom. The summed E-state index contributed by atoms with van der Waals surface area (Å²) in [6.45, 7) is 11.6. The second-order valence-corrected chi connectivity index (χ2v) is 9.10. The van der Waals surface area contributed by atoms with E-state index in [0.29, 0.717) is 28.7 Å². The Labute approximate surface area is 205 Å². The summed E-state index contributed by atoms with van der Waals surface area (Å²) in [6, 6.07) is 3.92. The van der Waals surface area contributed by atoms with Gasteiger partial charge in [0.1, 0.15) is 11.6 Å². The van der Waals surface area contributed by atoms with Crippen molar-refractivity contribution >= 4 is 35.0 Å². The Morgan fingerprint density at radius 3 is 2.71 bits per heavy atom. The van der Waals surface area contributed by atoms with Crippen LogP contribution in [0.2, 0.25) is 0 Å². The third-order valence-electron chi connectivity index (χ3n) is 5.84. The highest BCUT2D eigenvalue weighted by Gasteiger charge is 2.27. The summed E-state index contributed by atoms with van der Waals surface area (Å²) in [4.78, 5) is 33.7. The smallest absolute Gasteiger partial charge is 0.410 e. The number of ether oxygens (including phenoxy) is 1. The molecule has 1 aromatic carbocycles. The number of nitrogens with zero attached hydrogens (tertiary/aromatic N) is 4. The van der Waals surface area contributed by atoms with Gasteiger partial charge in [0.05, 0.1) is 4.91 Å². The molecule has 1 aromatic rings. The van der Waals surface area contributed by atoms with E-state index >= 15 is 0 Å². The normalized spacial score (nSPS) is 17.4. The molecule has 2 aliphatic rings. The minimum atomic E-state index is -0.492. The van der Waals surface area contributed by atoms with Crippen LogP contribution in [0.1, 0.15) is 45.6 Å². The van der Waals surface area contributed by atoms with Crippen LogP contribution in [0.3, 0.4) is 0 Å². The van der Waals surface area contributed by atoms with Gasteiger partial charge in [0, 0.05) is 31.7 Å². The number of hydrogen-bond acceptors (Lipinski definition) is 7. The summed E-state index contributed by atoms with van der Waals surface area (Å²) < 4.78 is 19.7. The van der Waals surface area contributed by atoms with Crippen LogP contribution in [-0.2, 0) is 4.79 Å². The summed E-state index contributed by atoms with van der Waals surface area (Å²) >= 11 is 1.23. The fourth-order valence-corrected chi connectivity index (χ4v) is 4.70. The summed E-state index contributed by atoms with van der Waals surface area (Å²) in [7, 11) is 0. The van der Waals surface area contributed by atoms with E-state index in [1.807, 2.05) is 11.9 Å². The van der Waals surface area contributed by atoms with E-state index in [-0.39, 0.29) is 11.7 Å². The zero-order valence-electron chi connectivity index (χ0n) is 20.2. The van der Waals surface area contributed by atoms with Crippen molar-refractivity contribution in [1.29, 1.82) is 0 Å². The maximum absolute atomic E-state index is 14.0. The zero-order chi connectivity index (χ0) is 24.5. The first-order valence-corrected chi connectivity index (χ1v) is 12.8. The van der Waals surface area contributed by atoms with Gasteiger partial charge in [-0.15, -0.1) is 0 Å². The Morgan fingerprint density at radius 2 is 2.03 bits per heavy atom. The lowest BCUT2D eigenvalue weighted by molar-refractivity contribution is -0.113. The first-order valence-electron chi connectivity index (χ1n) is 12.0. The first-order chi connectivity index (χ1) is 16.4. The Hall–Kier alpha value is -2.43. The van der Waals surface area contributed by atoms with Gasteiger partial charge in [0.2, 0.25) is 0 Å². The number of carbonyl (C=O) groups excluding carboxylic acids is 2. The minimum absolute atomic E-state index is 0.207. The van der Waals surface area contributed by atoms with E-state index in [4.69, 9.17) is 4.74 Å². The average molecular weight is 492 g/mol. The highest BCUT2D eigenvalue weighted by Crippen LogP contribution is 2.33. The van der Waals surface area contributed by atoms with Crippen LogP contribution in [0.15, 0.2) is 28.1 Å². The molecule has 2 amide bonds.